The standard InChI is InChI=1S/C19H30N2O.ClH/c1-15-5-6-19(12-16(15)2)22-18-7-10-21(11-8-18)14-17-4-3-9-20-13-17;/h5-6,12,17-18,20H,3-4,7-11,13-14H2,1-2H3;1H. The van der Waals surface area contributed by atoms with Crippen molar-refractivity contribution in [1.82, 2.24) is 10.2 Å². The molecular formula is C19H31ClN2O. The van der Waals surface area contributed by atoms with Crippen LogP contribution in [0.5, 0.6) is 5.75 Å². The van der Waals surface area contributed by atoms with Gasteiger partial charge in [-0.2, -0.15) is 0 Å². The first-order valence-corrected chi connectivity index (χ1v) is 8.87. The Kier molecular flexibility index (Phi) is 7.19. The monoisotopic (exact) mass is 338 g/mol. The van der Waals surface area contributed by atoms with Crippen molar-refractivity contribution in [3.8, 4) is 5.75 Å². The minimum absolute atomic E-state index is 0. The van der Waals surface area contributed by atoms with Crippen LogP contribution < -0.4 is 10.1 Å². The van der Waals surface area contributed by atoms with Gasteiger partial charge in [0.05, 0.1) is 0 Å². The van der Waals surface area contributed by atoms with E-state index in [-0.39, 0.29) is 12.4 Å². The van der Waals surface area contributed by atoms with E-state index in [1.165, 1.54) is 56.7 Å². The molecule has 2 aliphatic rings. The molecule has 2 fully saturated rings. The van der Waals surface area contributed by atoms with E-state index in [9.17, 15) is 0 Å². The minimum Gasteiger partial charge on any atom is -0.490 e. The van der Waals surface area contributed by atoms with Crippen LogP contribution in [0.4, 0.5) is 0 Å². The molecule has 0 bridgehead atoms. The van der Waals surface area contributed by atoms with Crippen LogP contribution in [0.1, 0.15) is 36.8 Å². The number of nitrogens with one attached hydrogen (secondary N) is 1. The van der Waals surface area contributed by atoms with Gasteiger partial charge < -0.3 is 15.0 Å². The zero-order valence-corrected chi connectivity index (χ0v) is 15.3. The smallest absolute Gasteiger partial charge is 0.120 e. The average Bonchev–Trinajstić information content (AvgIpc) is 2.54. The summed E-state index contributed by atoms with van der Waals surface area (Å²) in [4.78, 5) is 2.64. The van der Waals surface area contributed by atoms with Crippen LogP contribution in [-0.2, 0) is 0 Å². The molecule has 2 heterocycles. The number of halogens is 1. The van der Waals surface area contributed by atoms with E-state index in [4.69, 9.17) is 4.74 Å². The Labute approximate surface area is 147 Å². The highest BCUT2D eigenvalue weighted by Crippen LogP contribution is 2.22. The zero-order valence-electron chi connectivity index (χ0n) is 14.5. The molecule has 0 radical (unpaired) electrons. The molecule has 3 nitrogen and oxygen atoms in total. The summed E-state index contributed by atoms with van der Waals surface area (Å²) in [5.41, 5.74) is 2.66. The summed E-state index contributed by atoms with van der Waals surface area (Å²) in [6, 6.07) is 6.45. The molecule has 130 valence electrons. The molecule has 4 heteroatoms. The van der Waals surface area contributed by atoms with Gasteiger partial charge in [0.1, 0.15) is 11.9 Å². The molecule has 1 unspecified atom stereocenters. The van der Waals surface area contributed by atoms with Crippen molar-refractivity contribution in [2.75, 3.05) is 32.7 Å². The van der Waals surface area contributed by atoms with Gasteiger partial charge in [0.25, 0.3) is 0 Å². The molecule has 2 saturated heterocycles. The zero-order chi connectivity index (χ0) is 15.4. The third kappa shape index (κ3) is 5.37. The van der Waals surface area contributed by atoms with E-state index in [1.54, 1.807) is 0 Å². The van der Waals surface area contributed by atoms with Gasteiger partial charge in [-0.3, -0.25) is 0 Å². The normalized spacial score (nSPS) is 23.3. The van der Waals surface area contributed by atoms with Crippen LogP contribution in [0.15, 0.2) is 18.2 Å². The lowest BCUT2D eigenvalue weighted by Crippen LogP contribution is -2.43. The lowest BCUT2D eigenvalue weighted by molar-refractivity contribution is 0.0879. The third-order valence-corrected chi connectivity index (χ3v) is 5.23. The Hall–Kier alpha value is -0.770. The Morgan fingerprint density at radius 3 is 2.57 bits per heavy atom. The SMILES string of the molecule is Cc1ccc(OC2CCN(CC3CCCNC3)CC2)cc1C.Cl. The Morgan fingerprint density at radius 1 is 1.13 bits per heavy atom. The fraction of sp³-hybridized carbons (Fsp3) is 0.684. The highest BCUT2D eigenvalue weighted by Gasteiger charge is 2.23. The van der Waals surface area contributed by atoms with Gasteiger partial charge in [-0.05, 0) is 81.8 Å². The number of hydrogen-bond acceptors (Lipinski definition) is 3. The van der Waals surface area contributed by atoms with Crippen molar-refractivity contribution in [3.63, 3.8) is 0 Å². The maximum absolute atomic E-state index is 6.19. The lowest BCUT2D eigenvalue weighted by atomic mass is 9.97. The van der Waals surface area contributed by atoms with Crippen molar-refractivity contribution in [2.45, 2.75) is 45.6 Å². The quantitative estimate of drug-likeness (QED) is 0.908. The number of likely N-dealkylation sites (tertiary alicyclic amines) is 1. The number of nitrogens with zero attached hydrogens (tertiary/aromatic N) is 1. The predicted octanol–water partition coefficient (Wildman–Crippen LogP) is 3.57. The molecule has 0 aromatic heterocycles. The topological polar surface area (TPSA) is 24.5 Å². The highest BCUT2D eigenvalue weighted by atomic mass is 35.5. The van der Waals surface area contributed by atoms with Crippen LogP contribution in [0.25, 0.3) is 0 Å². The first-order valence-electron chi connectivity index (χ1n) is 8.87. The van der Waals surface area contributed by atoms with Crippen molar-refractivity contribution < 1.29 is 4.74 Å². The number of rotatable bonds is 4. The fourth-order valence-corrected chi connectivity index (χ4v) is 3.63. The van der Waals surface area contributed by atoms with Gasteiger partial charge in [-0.15, -0.1) is 12.4 Å². The van der Waals surface area contributed by atoms with Gasteiger partial charge in [0.2, 0.25) is 0 Å². The van der Waals surface area contributed by atoms with Gasteiger partial charge in [-0.25, -0.2) is 0 Å². The van der Waals surface area contributed by atoms with Crippen LogP contribution in [0.2, 0.25) is 0 Å². The van der Waals surface area contributed by atoms with Gasteiger partial charge in [0.15, 0.2) is 0 Å². The molecule has 1 N–H and O–H groups in total. The fourth-order valence-electron chi connectivity index (χ4n) is 3.63. The second kappa shape index (κ2) is 8.91. The van der Waals surface area contributed by atoms with Gasteiger partial charge in [0, 0.05) is 19.6 Å². The summed E-state index contributed by atoms with van der Waals surface area (Å²) in [5, 5.41) is 3.52. The Balaban J connectivity index is 0.00000192. The summed E-state index contributed by atoms with van der Waals surface area (Å²) in [6.45, 7) is 10.4. The summed E-state index contributed by atoms with van der Waals surface area (Å²) >= 11 is 0. The molecule has 0 spiro atoms. The first kappa shape index (κ1) is 18.6. The maximum atomic E-state index is 6.19. The van der Waals surface area contributed by atoms with E-state index in [0.29, 0.717) is 6.10 Å². The first-order chi connectivity index (χ1) is 10.7. The van der Waals surface area contributed by atoms with Crippen LogP contribution in [0.3, 0.4) is 0 Å². The number of piperidine rings is 2. The molecular weight excluding hydrogens is 308 g/mol. The van der Waals surface area contributed by atoms with E-state index >= 15 is 0 Å². The molecule has 1 atom stereocenters. The van der Waals surface area contributed by atoms with Crippen molar-refractivity contribution in [1.29, 1.82) is 0 Å². The number of benzene rings is 1. The molecule has 1 aromatic rings. The summed E-state index contributed by atoms with van der Waals surface area (Å²) in [6.07, 6.45) is 5.45. The minimum atomic E-state index is 0. The Bertz CT molecular complexity index is 480. The van der Waals surface area contributed by atoms with Crippen molar-refractivity contribution in [2.24, 2.45) is 5.92 Å². The molecule has 0 saturated carbocycles. The summed E-state index contributed by atoms with van der Waals surface area (Å²) < 4.78 is 6.19. The summed E-state index contributed by atoms with van der Waals surface area (Å²) in [7, 11) is 0. The molecule has 0 amide bonds. The predicted molar refractivity (Wildman–Crippen MR) is 98.8 cm³/mol. The van der Waals surface area contributed by atoms with Gasteiger partial charge in [-0.1, -0.05) is 6.07 Å². The van der Waals surface area contributed by atoms with Crippen LogP contribution >= 0.6 is 12.4 Å². The molecule has 3 rings (SSSR count). The second-order valence-electron chi connectivity index (χ2n) is 7.08. The second-order valence-corrected chi connectivity index (χ2v) is 7.08. The van der Waals surface area contributed by atoms with Crippen LogP contribution in [-0.4, -0.2) is 43.7 Å². The lowest BCUT2D eigenvalue weighted by Gasteiger charge is -2.35. The average molecular weight is 339 g/mol. The number of ether oxygens (including phenoxy) is 1. The molecule has 1 aromatic carbocycles. The van der Waals surface area contributed by atoms with E-state index in [2.05, 4.69) is 42.3 Å². The molecule has 0 aliphatic carbocycles. The highest BCUT2D eigenvalue weighted by molar-refractivity contribution is 5.85. The van der Waals surface area contributed by atoms with E-state index < -0.39 is 0 Å². The van der Waals surface area contributed by atoms with E-state index in [1.807, 2.05) is 0 Å². The van der Waals surface area contributed by atoms with Crippen LogP contribution in [0, 0.1) is 19.8 Å². The van der Waals surface area contributed by atoms with Gasteiger partial charge >= 0.3 is 0 Å². The molecule has 2 aliphatic heterocycles. The van der Waals surface area contributed by atoms with Crippen molar-refractivity contribution in [3.05, 3.63) is 29.3 Å². The molecule has 23 heavy (non-hydrogen) atoms. The largest absolute Gasteiger partial charge is 0.490 e. The summed E-state index contributed by atoms with van der Waals surface area (Å²) in [5.74, 6) is 1.89. The number of hydrogen-bond donors (Lipinski definition) is 1. The Morgan fingerprint density at radius 2 is 1.91 bits per heavy atom. The number of aryl methyl sites for hydroxylation is 2. The maximum Gasteiger partial charge on any atom is 0.120 e. The van der Waals surface area contributed by atoms with E-state index in [0.717, 1.165) is 24.5 Å². The third-order valence-electron chi connectivity index (χ3n) is 5.23. The van der Waals surface area contributed by atoms with Crippen molar-refractivity contribution >= 4 is 12.4 Å².